The van der Waals surface area contributed by atoms with E-state index < -0.39 is 5.97 Å². The Labute approximate surface area is 134 Å². The second-order valence-electron chi connectivity index (χ2n) is 5.35. The Hall–Kier alpha value is -2.82. The average molecular weight is 310 g/mol. The number of carbonyl (C=O) groups is 1. The van der Waals surface area contributed by atoms with Gasteiger partial charge in [0, 0.05) is 12.6 Å². The van der Waals surface area contributed by atoms with Gasteiger partial charge in [0.2, 0.25) is 0 Å². The highest BCUT2D eigenvalue weighted by Crippen LogP contribution is 2.18. The lowest BCUT2D eigenvalue weighted by atomic mass is 10.1. The number of rotatable bonds is 3. The molecule has 1 aromatic heterocycles. The monoisotopic (exact) mass is 310 g/mol. The SMILES string of the molecule is COC1=C/Cc2nn(-c3ccc(C(=O)O)cc3)cc2CC/C=C\1. The molecule has 1 heterocycles. The van der Waals surface area contributed by atoms with E-state index in [-0.39, 0.29) is 5.56 Å². The smallest absolute Gasteiger partial charge is 0.335 e. The first-order chi connectivity index (χ1) is 11.2. The third-order valence-electron chi connectivity index (χ3n) is 3.85. The summed E-state index contributed by atoms with van der Waals surface area (Å²) >= 11 is 0. The number of hydrogen-bond donors (Lipinski definition) is 1. The Morgan fingerprint density at radius 2 is 2.09 bits per heavy atom. The summed E-state index contributed by atoms with van der Waals surface area (Å²) in [4.78, 5) is 10.9. The van der Waals surface area contributed by atoms with Gasteiger partial charge in [-0.2, -0.15) is 5.10 Å². The molecule has 0 fully saturated rings. The minimum Gasteiger partial charge on any atom is -0.497 e. The van der Waals surface area contributed by atoms with Crippen molar-refractivity contribution in [3.05, 3.63) is 71.3 Å². The number of aromatic nitrogens is 2. The highest BCUT2D eigenvalue weighted by molar-refractivity contribution is 5.87. The average Bonchev–Trinajstić information content (AvgIpc) is 2.99. The number of ether oxygens (including phenoxy) is 1. The van der Waals surface area contributed by atoms with Crippen molar-refractivity contribution in [2.75, 3.05) is 7.11 Å². The fourth-order valence-corrected chi connectivity index (χ4v) is 2.57. The molecule has 5 heteroatoms. The van der Waals surface area contributed by atoms with Crippen LogP contribution in [0.1, 0.15) is 28.0 Å². The molecular weight excluding hydrogens is 292 g/mol. The van der Waals surface area contributed by atoms with E-state index in [1.807, 2.05) is 23.0 Å². The van der Waals surface area contributed by atoms with Crippen molar-refractivity contribution >= 4 is 5.97 Å². The number of benzene rings is 1. The topological polar surface area (TPSA) is 64.4 Å². The van der Waals surface area contributed by atoms with Gasteiger partial charge in [-0.25, -0.2) is 9.48 Å². The lowest BCUT2D eigenvalue weighted by molar-refractivity contribution is 0.0697. The quantitative estimate of drug-likeness (QED) is 0.946. The number of hydrogen-bond acceptors (Lipinski definition) is 3. The molecule has 1 N–H and O–H groups in total. The standard InChI is InChI=1S/C18H18N2O3/c1-23-16-5-3-2-4-14-12-20(19-17(14)11-10-16)15-8-6-13(7-9-15)18(21)22/h3,5-10,12H,2,4,11H2,1H3,(H,21,22)/b5-3-,16-10+. The Morgan fingerprint density at radius 3 is 2.78 bits per heavy atom. The summed E-state index contributed by atoms with van der Waals surface area (Å²) < 4.78 is 7.12. The van der Waals surface area contributed by atoms with Crippen LogP contribution in [-0.2, 0) is 17.6 Å². The van der Waals surface area contributed by atoms with Crippen LogP contribution in [0.4, 0.5) is 0 Å². The fourth-order valence-electron chi connectivity index (χ4n) is 2.57. The Morgan fingerprint density at radius 1 is 1.30 bits per heavy atom. The predicted octanol–water partition coefficient (Wildman–Crippen LogP) is 3.15. The van der Waals surface area contributed by atoms with Crippen LogP contribution in [0, 0.1) is 0 Å². The van der Waals surface area contributed by atoms with Gasteiger partial charge in [-0.3, -0.25) is 0 Å². The van der Waals surface area contributed by atoms with E-state index in [1.54, 1.807) is 31.4 Å². The Kier molecular flexibility index (Phi) is 4.28. The molecule has 0 saturated carbocycles. The number of nitrogens with zero attached hydrogens (tertiary/aromatic N) is 2. The van der Waals surface area contributed by atoms with Crippen LogP contribution in [-0.4, -0.2) is 28.0 Å². The summed E-state index contributed by atoms with van der Waals surface area (Å²) in [5, 5.41) is 13.6. The molecular formula is C18H18N2O3. The summed E-state index contributed by atoms with van der Waals surface area (Å²) in [6.07, 6.45) is 10.7. The summed E-state index contributed by atoms with van der Waals surface area (Å²) in [7, 11) is 1.66. The number of allylic oxidation sites excluding steroid dienone is 3. The third-order valence-corrected chi connectivity index (χ3v) is 3.85. The summed E-state index contributed by atoms with van der Waals surface area (Å²) in [6, 6.07) is 6.72. The van der Waals surface area contributed by atoms with Gasteiger partial charge < -0.3 is 9.84 Å². The summed E-state index contributed by atoms with van der Waals surface area (Å²) in [5.74, 6) is -0.0808. The van der Waals surface area contributed by atoms with Crippen molar-refractivity contribution < 1.29 is 14.6 Å². The first-order valence-electron chi connectivity index (χ1n) is 7.49. The third kappa shape index (κ3) is 3.34. The van der Waals surface area contributed by atoms with Crippen molar-refractivity contribution in [3.63, 3.8) is 0 Å². The fraction of sp³-hybridized carbons (Fsp3) is 0.222. The zero-order valence-electron chi connectivity index (χ0n) is 12.9. The predicted molar refractivity (Wildman–Crippen MR) is 86.8 cm³/mol. The largest absolute Gasteiger partial charge is 0.497 e. The molecule has 2 aromatic rings. The van der Waals surface area contributed by atoms with Crippen LogP contribution < -0.4 is 0 Å². The molecule has 5 nitrogen and oxygen atoms in total. The van der Waals surface area contributed by atoms with E-state index in [0.29, 0.717) is 6.42 Å². The molecule has 1 aromatic carbocycles. The molecule has 0 bridgehead atoms. The van der Waals surface area contributed by atoms with Crippen LogP contribution in [0.25, 0.3) is 5.69 Å². The zero-order valence-corrected chi connectivity index (χ0v) is 12.9. The van der Waals surface area contributed by atoms with Crippen molar-refractivity contribution in [2.45, 2.75) is 19.3 Å². The summed E-state index contributed by atoms with van der Waals surface area (Å²) in [5.41, 5.74) is 3.34. The van der Waals surface area contributed by atoms with Gasteiger partial charge in [0.05, 0.1) is 24.1 Å². The van der Waals surface area contributed by atoms with Crippen LogP contribution in [0.15, 0.2) is 54.4 Å². The van der Waals surface area contributed by atoms with Crippen molar-refractivity contribution in [1.82, 2.24) is 9.78 Å². The number of carboxylic acids is 1. The van der Waals surface area contributed by atoms with E-state index in [1.165, 1.54) is 5.56 Å². The maximum atomic E-state index is 10.9. The van der Waals surface area contributed by atoms with Crippen molar-refractivity contribution in [3.8, 4) is 5.69 Å². The normalized spacial score (nSPS) is 17.9. The van der Waals surface area contributed by atoms with E-state index in [4.69, 9.17) is 9.84 Å². The van der Waals surface area contributed by atoms with Gasteiger partial charge in [0.25, 0.3) is 0 Å². The number of aryl methyl sites for hydroxylation is 1. The first kappa shape index (κ1) is 15.1. The van der Waals surface area contributed by atoms with E-state index in [9.17, 15) is 4.79 Å². The second kappa shape index (κ2) is 6.52. The van der Waals surface area contributed by atoms with Crippen LogP contribution >= 0.6 is 0 Å². The van der Waals surface area contributed by atoms with Gasteiger partial charge >= 0.3 is 5.97 Å². The highest BCUT2D eigenvalue weighted by Gasteiger charge is 2.11. The zero-order chi connectivity index (χ0) is 16.2. The first-order valence-corrected chi connectivity index (χ1v) is 7.49. The van der Waals surface area contributed by atoms with E-state index >= 15 is 0 Å². The molecule has 0 spiro atoms. The molecule has 1 aliphatic carbocycles. The highest BCUT2D eigenvalue weighted by atomic mass is 16.5. The molecule has 1 aliphatic rings. The number of carboxylic acid groups (broad SMARTS) is 1. The van der Waals surface area contributed by atoms with Gasteiger partial charge in [-0.15, -0.1) is 0 Å². The van der Waals surface area contributed by atoms with Crippen molar-refractivity contribution in [2.24, 2.45) is 0 Å². The van der Waals surface area contributed by atoms with Gasteiger partial charge in [-0.05, 0) is 54.8 Å². The Balaban J connectivity index is 1.90. The molecule has 0 saturated heterocycles. The minimum atomic E-state index is -0.926. The molecule has 0 amide bonds. The molecule has 0 radical (unpaired) electrons. The van der Waals surface area contributed by atoms with E-state index in [0.717, 1.165) is 30.0 Å². The summed E-state index contributed by atoms with van der Waals surface area (Å²) in [6.45, 7) is 0. The van der Waals surface area contributed by atoms with Gasteiger partial charge in [0.15, 0.2) is 0 Å². The molecule has 0 atom stereocenters. The minimum absolute atomic E-state index is 0.272. The molecule has 0 unspecified atom stereocenters. The number of aromatic carboxylic acids is 1. The van der Waals surface area contributed by atoms with Crippen LogP contribution in [0.5, 0.6) is 0 Å². The lowest BCUT2D eigenvalue weighted by Crippen LogP contribution is -1.99. The molecule has 118 valence electrons. The van der Waals surface area contributed by atoms with Crippen LogP contribution in [0.2, 0.25) is 0 Å². The van der Waals surface area contributed by atoms with Gasteiger partial charge in [-0.1, -0.05) is 6.08 Å². The maximum absolute atomic E-state index is 10.9. The van der Waals surface area contributed by atoms with E-state index in [2.05, 4.69) is 11.2 Å². The Bertz CT molecular complexity index is 770. The molecule has 0 aliphatic heterocycles. The maximum Gasteiger partial charge on any atom is 0.335 e. The van der Waals surface area contributed by atoms with Crippen LogP contribution in [0.3, 0.4) is 0 Å². The second-order valence-corrected chi connectivity index (χ2v) is 5.35. The lowest BCUT2D eigenvalue weighted by Gasteiger charge is -2.02. The van der Waals surface area contributed by atoms with Crippen molar-refractivity contribution in [1.29, 1.82) is 0 Å². The van der Waals surface area contributed by atoms with Gasteiger partial charge in [0.1, 0.15) is 5.76 Å². The molecule has 3 rings (SSSR count). The molecule has 23 heavy (non-hydrogen) atoms. The number of fused-ring (bicyclic) bond motifs is 1. The number of methoxy groups -OCH3 is 1.